The lowest BCUT2D eigenvalue weighted by molar-refractivity contribution is -0.0498. The summed E-state index contributed by atoms with van der Waals surface area (Å²) in [6, 6.07) is 14.5. The second kappa shape index (κ2) is 8.92. The Kier molecular flexibility index (Phi) is 6.36. The number of hydrogen-bond donors (Lipinski definition) is 0. The molecule has 1 heterocycles. The monoisotopic (exact) mass is 390 g/mol. The quantitative estimate of drug-likeness (QED) is 0.539. The van der Waals surface area contributed by atoms with Gasteiger partial charge in [0.2, 0.25) is 0 Å². The summed E-state index contributed by atoms with van der Waals surface area (Å²) in [5, 5.41) is 3.00. The fraction of sp³-hybridized carbons (Fsp3) is 0.250. The first-order valence-electron chi connectivity index (χ1n) is 8.34. The van der Waals surface area contributed by atoms with Crippen molar-refractivity contribution in [2.24, 2.45) is 0 Å². The zero-order valence-electron chi connectivity index (χ0n) is 15.1. The second-order valence-electron chi connectivity index (χ2n) is 6.07. The molecule has 0 unspecified atom stereocenters. The normalized spacial score (nSPS) is 11.2. The van der Waals surface area contributed by atoms with Crippen LogP contribution in [-0.2, 0) is 13.1 Å². The Morgan fingerprint density at radius 3 is 2.56 bits per heavy atom. The van der Waals surface area contributed by atoms with E-state index in [0.717, 1.165) is 27.6 Å². The molecule has 0 atom stereocenters. The first-order valence-corrected chi connectivity index (χ1v) is 9.22. The van der Waals surface area contributed by atoms with Crippen LogP contribution in [0, 0.1) is 0 Å². The van der Waals surface area contributed by atoms with Crippen molar-refractivity contribution in [1.29, 1.82) is 0 Å². The van der Waals surface area contributed by atoms with Crippen LogP contribution in [0.3, 0.4) is 0 Å². The third kappa shape index (κ3) is 5.48. The molecule has 4 nitrogen and oxygen atoms in total. The molecule has 142 valence electrons. The molecule has 0 saturated carbocycles. The Morgan fingerprint density at radius 2 is 1.85 bits per heavy atom. The lowest BCUT2D eigenvalue weighted by Crippen LogP contribution is -2.17. The minimum Gasteiger partial charge on any atom is -0.497 e. The summed E-state index contributed by atoms with van der Waals surface area (Å²) < 4.78 is 34.0. The van der Waals surface area contributed by atoms with Gasteiger partial charge in [0.1, 0.15) is 16.5 Å². The average molecular weight is 390 g/mol. The summed E-state index contributed by atoms with van der Waals surface area (Å²) in [5.74, 6) is 0.972. The Hall–Kier alpha value is -2.51. The standard InChI is InChI=1S/C20H20F2N2O2S/c1-24(11-14-6-8-17(9-7-14)26-20(21)22)12-16-13-27-19(23-16)15-4-3-5-18(10-15)25-2/h3-10,13,20H,11-12H2,1-2H3. The molecule has 7 heteroatoms. The maximum atomic E-state index is 12.2. The van der Waals surface area contributed by atoms with Crippen LogP contribution in [0.4, 0.5) is 8.78 Å². The molecule has 0 amide bonds. The lowest BCUT2D eigenvalue weighted by atomic mass is 10.2. The van der Waals surface area contributed by atoms with Gasteiger partial charge in [-0.2, -0.15) is 8.78 Å². The smallest absolute Gasteiger partial charge is 0.387 e. The van der Waals surface area contributed by atoms with Gasteiger partial charge in [-0.15, -0.1) is 11.3 Å². The average Bonchev–Trinajstić information content (AvgIpc) is 3.11. The van der Waals surface area contributed by atoms with Crippen molar-refractivity contribution in [3.05, 3.63) is 65.2 Å². The number of thiazole rings is 1. The third-order valence-electron chi connectivity index (χ3n) is 3.90. The van der Waals surface area contributed by atoms with E-state index in [1.165, 1.54) is 0 Å². The third-order valence-corrected chi connectivity index (χ3v) is 4.84. The van der Waals surface area contributed by atoms with Crippen LogP contribution in [0.1, 0.15) is 11.3 Å². The molecule has 0 aliphatic rings. The van der Waals surface area contributed by atoms with Gasteiger partial charge in [-0.3, -0.25) is 4.90 Å². The largest absolute Gasteiger partial charge is 0.497 e. The number of nitrogens with zero attached hydrogens (tertiary/aromatic N) is 2. The van der Waals surface area contributed by atoms with Crippen LogP contribution in [0.15, 0.2) is 53.9 Å². The summed E-state index contributed by atoms with van der Waals surface area (Å²) in [6.45, 7) is -1.43. The number of benzene rings is 2. The summed E-state index contributed by atoms with van der Waals surface area (Å²) >= 11 is 1.60. The summed E-state index contributed by atoms with van der Waals surface area (Å²) in [6.07, 6.45) is 0. The zero-order chi connectivity index (χ0) is 19.2. The highest BCUT2D eigenvalue weighted by atomic mass is 32.1. The van der Waals surface area contributed by atoms with Gasteiger partial charge in [0.15, 0.2) is 0 Å². The van der Waals surface area contributed by atoms with E-state index in [4.69, 9.17) is 9.72 Å². The van der Waals surface area contributed by atoms with Crippen LogP contribution in [-0.4, -0.2) is 30.7 Å². The van der Waals surface area contributed by atoms with E-state index < -0.39 is 6.61 Å². The molecule has 0 fully saturated rings. The Balaban J connectivity index is 1.59. The van der Waals surface area contributed by atoms with E-state index >= 15 is 0 Å². The van der Waals surface area contributed by atoms with Crippen molar-refractivity contribution < 1.29 is 18.3 Å². The summed E-state index contributed by atoms with van der Waals surface area (Å²) in [5.41, 5.74) is 3.03. The summed E-state index contributed by atoms with van der Waals surface area (Å²) in [7, 11) is 3.64. The van der Waals surface area contributed by atoms with Gasteiger partial charge in [0.05, 0.1) is 12.8 Å². The number of alkyl halides is 2. The van der Waals surface area contributed by atoms with Crippen LogP contribution in [0.25, 0.3) is 10.6 Å². The summed E-state index contributed by atoms with van der Waals surface area (Å²) in [4.78, 5) is 6.82. The number of hydrogen-bond acceptors (Lipinski definition) is 5. The number of ether oxygens (including phenoxy) is 2. The van der Waals surface area contributed by atoms with Crippen molar-refractivity contribution in [2.45, 2.75) is 19.7 Å². The maximum absolute atomic E-state index is 12.2. The van der Waals surface area contributed by atoms with Gasteiger partial charge < -0.3 is 9.47 Å². The molecule has 3 rings (SSSR count). The van der Waals surface area contributed by atoms with Crippen LogP contribution >= 0.6 is 11.3 Å². The second-order valence-corrected chi connectivity index (χ2v) is 6.93. The number of aromatic nitrogens is 1. The predicted molar refractivity (Wildman–Crippen MR) is 102 cm³/mol. The molecule has 0 spiro atoms. The number of methoxy groups -OCH3 is 1. The molecule has 0 bridgehead atoms. The Labute approximate surface area is 161 Å². The fourth-order valence-electron chi connectivity index (χ4n) is 2.69. The highest BCUT2D eigenvalue weighted by Crippen LogP contribution is 2.27. The zero-order valence-corrected chi connectivity index (χ0v) is 15.9. The van der Waals surface area contributed by atoms with E-state index in [1.54, 1.807) is 42.7 Å². The van der Waals surface area contributed by atoms with E-state index in [1.807, 2.05) is 36.7 Å². The molecule has 0 radical (unpaired) electrons. The fourth-order valence-corrected chi connectivity index (χ4v) is 3.50. The van der Waals surface area contributed by atoms with E-state index in [9.17, 15) is 8.78 Å². The first kappa shape index (κ1) is 19.3. The molecular weight excluding hydrogens is 370 g/mol. The van der Waals surface area contributed by atoms with Crippen molar-refractivity contribution in [2.75, 3.05) is 14.2 Å². The van der Waals surface area contributed by atoms with Crippen molar-refractivity contribution >= 4 is 11.3 Å². The SMILES string of the molecule is COc1cccc(-c2nc(CN(C)Cc3ccc(OC(F)F)cc3)cs2)c1. The van der Waals surface area contributed by atoms with Crippen molar-refractivity contribution in [3.8, 4) is 22.1 Å². The van der Waals surface area contributed by atoms with Gasteiger partial charge in [0.25, 0.3) is 0 Å². The lowest BCUT2D eigenvalue weighted by Gasteiger charge is -2.15. The minimum atomic E-state index is -2.80. The molecule has 1 aromatic heterocycles. The van der Waals surface area contributed by atoms with Crippen molar-refractivity contribution in [3.63, 3.8) is 0 Å². The van der Waals surface area contributed by atoms with E-state index in [-0.39, 0.29) is 5.75 Å². The highest BCUT2D eigenvalue weighted by molar-refractivity contribution is 7.13. The van der Waals surface area contributed by atoms with Gasteiger partial charge in [0, 0.05) is 24.0 Å². The van der Waals surface area contributed by atoms with Gasteiger partial charge in [-0.25, -0.2) is 4.98 Å². The van der Waals surface area contributed by atoms with E-state index in [0.29, 0.717) is 13.1 Å². The Bertz CT molecular complexity index is 868. The first-order chi connectivity index (χ1) is 13.0. The van der Waals surface area contributed by atoms with Crippen molar-refractivity contribution in [1.82, 2.24) is 9.88 Å². The van der Waals surface area contributed by atoms with E-state index in [2.05, 4.69) is 9.64 Å². The number of rotatable bonds is 8. The molecule has 2 aromatic carbocycles. The topological polar surface area (TPSA) is 34.6 Å². The highest BCUT2D eigenvalue weighted by Gasteiger charge is 2.09. The molecule has 0 aliphatic carbocycles. The molecule has 0 N–H and O–H groups in total. The molecular formula is C20H20F2N2O2S. The van der Waals surface area contributed by atoms with Crippen LogP contribution in [0.5, 0.6) is 11.5 Å². The van der Waals surface area contributed by atoms with Crippen LogP contribution in [0.2, 0.25) is 0 Å². The van der Waals surface area contributed by atoms with Gasteiger partial charge >= 0.3 is 6.61 Å². The Morgan fingerprint density at radius 1 is 1.07 bits per heavy atom. The molecule has 0 saturated heterocycles. The van der Waals surface area contributed by atoms with Gasteiger partial charge in [-0.1, -0.05) is 24.3 Å². The number of halogens is 2. The van der Waals surface area contributed by atoms with Crippen LogP contribution < -0.4 is 9.47 Å². The molecule has 3 aromatic rings. The van der Waals surface area contributed by atoms with Gasteiger partial charge in [-0.05, 0) is 36.9 Å². The molecule has 0 aliphatic heterocycles. The predicted octanol–water partition coefficient (Wildman–Crippen LogP) is 5.05. The maximum Gasteiger partial charge on any atom is 0.387 e. The molecule has 27 heavy (non-hydrogen) atoms. The minimum absolute atomic E-state index is 0.166.